The van der Waals surface area contributed by atoms with Gasteiger partial charge in [0.2, 0.25) is 5.16 Å². The molecule has 1 saturated heterocycles. The fourth-order valence-electron chi connectivity index (χ4n) is 2.23. The lowest BCUT2D eigenvalue weighted by atomic mass is 10.0. The van der Waals surface area contributed by atoms with Crippen molar-refractivity contribution in [2.75, 3.05) is 5.75 Å². The molecule has 1 aromatic heterocycles. The summed E-state index contributed by atoms with van der Waals surface area (Å²) in [6.45, 7) is 1.82. The molecule has 0 radical (unpaired) electrons. The zero-order valence-corrected chi connectivity index (χ0v) is 12.4. The Kier molecular flexibility index (Phi) is 3.63. The molecule has 3 N–H and O–H groups in total. The first-order chi connectivity index (χ1) is 10.0. The molecule has 21 heavy (non-hydrogen) atoms. The molecule has 1 amide bonds. The maximum atomic E-state index is 11.7. The summed E-state index contributed by atoms with van der Waals surface area (Å²) in [6, 6.07) is 0. The highest BCUT2D eigenvalue weighted by atomic mass is 32.2. The van der Waals surface area contributed by atoms with Gasteiger partial charge in [0.05, 0.1) is 0 Å². The van der Waals surface area contributed by atoms with Gasteiger partial charge in [-0.3, -0.25) is 9.69 Å². The van der Waals surface area contributed by atoms with E-state index >= 15 is 0 Å². The van der Waals surface area contributed by atoms with Crippen LogP contribution in [0.2, 0.25) is 0 Å². The first-order valence-electron chi connectivity index (χ1n) is 6.00. The molecule has 11 heteroatoms. The number of amides is 1. The Morgan fingerprint density at radius 1 is 1.62 bits per heavy atom. The van der Waals surface area contributed by atoms with Crippen LogP contribution in [0.1, 0.15) is 6.92 Å². The number of carboxylic acids is 1. The highest BCUT2D eigenvalue weighted by Crippen LogP contribution is 2.43. The molecule has 0 aliphatic carbocycles. The van der Waals surface area contributed by atoms with Gasteiger partial charge in [0.15, 0.2) is 6.10 Å². The molecule has 1 unspecified atom stereocenters. The number of fused-ring (bicyclic) bond motifs is 1. The number of β-lactam (4-membered cyclic amide) rings is 1. The Morgan fingerprint density at radius 2 is 2.38 bits per heavy atom. The maximum absolute atomic E-state index is 11.7. The van der Waals surface area contributed by atoms with E-state index in [1.54, 1.807) is 0 Å². The van der Waals surface area contributed by atoms with Gasteiger partial charge in [-0.1, -0.05) is 11.8 Å². The Hall–Kier alpha value is -1.59. The predicted molar refractivity (Wildman–Crippen MR) is 73.3 cm³/mol. The molecule has 2 aliphatic heterocycles. The fourth-order valence-corrected chi connectivity index (χ4v) is 4.57. The van der Waals surface area contributed by atoms with Gasteiger partial charge < -0.3 is 10.2 Å². The quantitative estimate of drug-likeness (QED) is 0.484. The SMILES string of the molecule is CC(Sc1nn[nH]n1)C1=C(C(=O)O)N2C(=O)[C@@H](O)[C@@H]2SC1. The number of H-pyrrole nitrogens is 1. The highest BCUT2D eigenvalue weighted by molar-refractivity contribution is 8.01. The second kappa shape index (κ2) is 5.31. The molecular weight excluding hydrogens is 318 g/mol. The van der Waals surface area contributed by atoms with Crippen LogP contribution in [0.5, 0.6) is 0 Å². The number of nitrogens with one attached hydrogen (secondary N) is 1. The molecule has 0 aromatic carbocycles. The summed E-state index contributed by atoms with van der Waals surface area (Å²) in [7, 11) is 0. The van der Waals surface area contributed by atoms with Gasteiger partial charge in [0, 0.05) is 11.0 Å². The van der Waals surface area contributed by atoms with Crippen molar-refractivity contribution in [2.45, 2.75) is 28.8 Å². The molecule has 0 spiro atoms. The third-order valence-corrected chi connectivity index (χ3v) is 5.58. The molecular formula is C10H11N5O4S2. The third kappa shape index (κ3) is 2.30. The molecule has 3 atom stereocenters. The van der Waals surface area contributed by atoms with Crippen LogP contribution < -0.4 is 0 Å². The van der Waals surface area contributed by atoms with Crippen molar-refractivity contribution >= 4 is 35.4 Å². The van der Waals surface area contributed by atoms with Crippen molar-refractivity contribution in [3.63, 3.8) is 0 Å². The van der Waals surface area contributed by atoms with E-state index in [1.807, 2.05) is 6.92 Å². The van der Waals surface area contributed by atoms with E-state index in [0.29, 0.717) is 16.5 Å². The van der Waals surface area contributed by atoms with Crippen molar-refractivity contribution < 1.29 is 19.8 Å². The number of hydrogen-bond acceptors (Lipinski definition) is 8. The molecule has 1 aromatic rings. The normalized spacial score (nSPS) is 26.4. The Balaban J connectivity index is 1.90. The lowest BCUT2D eigenvalue weighted by molar-refractivity contribution is -0.159. The smallest absolute Gasteiger partial charge is 0.352 e. The predicted octanol–water partition coefficient (Wildman–Crippen LogP) is -0.705. The van der Waals surface area contributed by atoms with E-state index in [2.05, 4.69) is 20.6 Å². The summed E-state index contributed by atoms with van der Waals surface area (Å²) < 4.78 is 0. The van der Waals surface area contributed by atoms with Crippen LogP contribution >= 0.6 is 23.5 Å². The average molecular weight is 329 g/mol. The number of tetrazole rings is 1. The summed E-state index contributed by atoms with van der Waals surface area (Å²) in [4.78, 5) is 24.4. The number of aliphatic carboxylic acids is 1. The van der Waals surface area contributed by atoms with Gasteiger partial charge in [-0.05, 0) is 17.7 Å². The van der Waals surface area contributed by atoms with E-state index < -0.39 is 23.4 Å². The van der Waals surface area contributed by atoms with Gasteiger partial charge in [-0.25, -0.2) is 4.79 Å². The number of aromatic nitrogens is 4. The number of carbonyl (C=O) groups excluding carboxylic acids is 1. The second-order valence-electron chi connectivity index (χ2n) is 4.49. The van der Waals surface area contributed by atoms with Crippen LogP contribution in [0.3, 0.4) is 0 Å². The van der Waals surface area contributed by atoms with Gasteiger partial charge >= 0.3 is 5.97 Å². The van der Waals surface area contributed by atoms with Crippen molar-refractivity contribution in [1.29, 1.82) is 0 Å². The van der Waals surface area contributed by atoms with E-state index in [0.717, 1.165) is 4.90 Å². The molecule has 112 valence electrons. The van der Waals surface area contributed by atoms with Crippen molar-refractivity contribution in [2.24, 2.45) is 0 Å². The van der Waals surface area contributed by atoms with Crippen molar-refractivity contribution in [3.8, 4) is 0 Å². The lowest BCUT2D eigenvalue weighted by Gasteiger charge is -2.47. The first kappa shape index (κ1) is 14.4. The van der Waals surface area contributed by atoms with Gasteiger partial charge in [0.1, 0.15) is 11.1 Å². The number of rotatable bonds is 4. The Labute approximate surface area is 127 Å². The maximum Gasteiger partial charge on any atom is 0.352 e. The van der Waals surface area contributed by atoms with Crippen molar-refractivity contribution in [1.82, 2.24) is 25.5 Å². The van der Waals surface area contributed by atoms with Crippen molar-refractivity contribution in [3.05, 3.63) is 11.3 Å². The second-order valence-corrected chi connectivity index (χ2v) is 6.90. The number of carbonyl (C=O) groups is 2. The number of aromatic amines is 1. The Morgan fingerprint density at radius 3 is 3.00 bits per heavy atom. The zero-order valence-electron chi connectivity index (χ0n) is 10.8. The van der Waals surface area contributed by atoms with Gasteiger partial charge in [-0.15, -0.1) is 22.0 Å². The molecule has 9 nitrogen and oxygen atoms in total. The summed E-state index contributed by atoms with van der Waals surface area (Å²) in [6.07, 6.45) is -1.12. The number of nitrogens with zero attached hydrogens (tertiary/aromatic N) is 4. The monoisotopic (exact) mass is 329 g/mol. The number of aliphatic hydroxyl groups excluding tert-OH is 1. The molecule has 0 bridgehead atoms. The largest absolute Gasteiger partial charge is 0.477 e. The van der Waals surface area contributed by atoms with Crippen LogP contribution in [-0.2, 0) is 9.59 Å². The van der Waals surface area contributed by atoms with E-state index in [9.17, 15) is 19.8 Å². The average Bonchev–Trinajstić information content (AvgIpc) is 2.97. The number of thioether (sulfide) groups is 2. The molecule has 1 fully saturated rings. The zero-order chi connectivity index (χ0) is 15.1. The van der Waals surface area contributed by atoms with E-state index in [1.165, 1.54) is 23.5 Å². The van der Waals surface area contributed by atoms with Gasteiger partial charge in [0.25, 0.3) is 5.91 Å². The van der Waals surface area contributed by atoms with Crippen LogP contribution in [0.15, 0.2) is 16.4 Å². The first-order valence-corrected chi connectivity index (χ1v) is 7.92. The molecule has 2 aliphatic rings. The van der Waals surface area contributed by atoms with E-state index in [-0.39, 0.29) is 10.9 Å². The summed E-state index contributed by atoms with van der Waals surface area (Å²) >= 11 is 2.61. The summed E-state index contributed by atoms with van der Waals surface area (Å²) in [5.74, 6) is -1.31. The van der Waals surface area contributed by atoms with Crippen LogP contribution in [0.4, 0.5) is 0 Å². The minimum absolute atomic E-state index is 0.0439. The lowest BCUT2D eigenvalue weighted by Crippen LogP contribution is -2.65. The number of aliphatic hydroxyl groups is 1. The molecule has 0 saturated carbocycles. The summed E-state index contributed by atoms with van der Waals surface area (Å²) in [5, 5.41) is 32.1. The number of hydrogen-bond donors (Lipinski definition) is 3. The van der Waals surface area contributed by atoms with Crippen LogP contribution in [0.25, 0.3) is 0 Å². The standard InChI is InChI=1S/C10H11N5O4S2/c1-3(21-10-11-13-14-12-10)4-2-20-8-6(16)7(17)15(8)5(4)9(18)19/h3,6,8,16H,2H2,1H3,(H,18,19)(H,11,12,13,14)/t3?,6-,8+/m1/s1. The minimum atomic E-state index is -1.17. The Bertz CT molecular complexity index is 619. The van der Waals surface area contributed by atoms with Crippen LogP contribution in [-0.4, -0.2) is 70.1 Å². The van der Waals surface area contributed by atoms with E-state index in [4.69, 9.17) is 0 Å². The molecule has 3 heterocycles. The minimum Gasteiger partial charge on any atom is -0.477 e. The topological polar surface area (TPSA) is 132 Å². The third-order valence-electron chi connectivity index (χ3n) is 3.27. The molecule has 3 rings (SSSR count). The van der Waals surface area contributed by atoms with Gasteiger partial charge in [-0.2, -0.15) is 5.21 Å². The highest BCUT2D eigenvalue weighted by Gasteiger charge is 2.53. The fraction of sp³-hybridized carbons (Fsp3) is 0.500. The van der Waals surface area contributed by atoms with Crippen LogP contribution in [0, 0.1) is 0 Å². The summed E-state index contributed by atoms with van der Waals surface area (Å²) in [5.41, 5.74) is 0.566. The number of carboxylic acid groups (broad SMARTS) is 1.